The summed E-state index contributed by atoms with van der Waals surface area (Å²) in [6.07, 6.45) is 8.92. The van der Waals surface area contributed by atoms with Crippen LogP contribution in [-0.2, 0) is 17.8 Å². The van der Waals surface area contributed by atoms with Crippen LogP contribution in [0.4, 0.5) is 10.1 Å². The molecular weight excluding hydrogens is 543 g/mol. The Labute approximate surface area is 245 Å². The lowest BCUT2D eigenvalue weighted by Gasteiger charge is -2.14. The van der Waals surface area contributed by atoms with E-state index in [0.29, 0.717) is 23.9 Å². The number of anilines is 1. The molecule has 216 valence electrons. The summed E-state index contributed by atoms with van der Waals surface area (Å²) in [5.41, 5.74) is 8.36. The van der Waals surface area contributed by atoms with Gasteiger partial charge in [0.05, 0.1) is 11.1 Å². The van der Waals surface area contributed by atoms with Gasteiger partial charge in [0, 0.05) is 29.6 Å². The van der Waals surface area contributed by atoms with Crippen LogP contribution in [0.15, 0.2) is 60.7 Å². The molecule has 1 amide bonds. The number of carbonyl (C=O) groups excluding carboxylic acids is 2. The maximum absolute atomic E-state index is 12.8. The first-order valence-electron chi connectivity index (χ1n) is 14.0. The highest BCUT2D eigenvalue weighted by Gasteiger charge is 2.24. The van der Waals surface area contributed by atoms with Crippen LogP contribution >= 0.6 is 11.6 Å². The summed E-state index contributed by atoms with van der Waals surface area (Å²) >= 11 is 6.27. The summed E-state index contributed by atoms with van der Waals surface area (Å²) < 4.78 is 18.6. The Hall–Kier alpha value is -3.75. The van der Waals surface area contributed by atoms with Gasteiger partial charge in [0.2, 0.25) is 5.78 Å². The number of nitrogens with zero attached hydrogens (tertiary/aromatic N) is 1. The van der Waals surface area contributed by atoms with Crippen LogP contribution in [0.2, 0.25) is 5.02 Å². The number of carbonyl (C=O) groups is 2. The number of nitrogens with one attached hydrogen (secondary N) is 2. The maximum Gasteiger partial charge on any atom is 0.289 e. The predicted molar refractivity (Wildman–Crippen MR) is 161 cm³/mol. The first-order valence-corrected chi connectivity index (χ1v) is 14.3. The first-order chi connectivity index (χ1) is 19.8. The largest absolute Gasteiger partial charge is 0.489 e. The zero-order chi connectivity index (χ0) is 29.2. The van der Waals surface area contributed by atoms with Gasteiger partial charge in [0.15, 0.2) is 0 Å². The van der Waals surface area contributed by atoms with Crippen molar-refractivity contribution in [2.75, 3.05) is 25.0 Å². The van der Waals surface area contributed by atoms with Gasteiger partial charge in [0.25, 0.3) is 5.91 Å². The lowest BCUT2D eigenvalue weighted by Crippen LogP contribution is -2.23. The molecule has 0 bridgehead atoms. The smallest absolute Gasteiger partial charge is 0.289 e. The summed E-state index contributed by atoms with van der Waals surface area (Å²) in [6, 6.07) is 16.8. The molecule has 1 saturated carbocycles. The second-order valence-electron chi connectivity index (χ2n) is 10.4. The summed E-state index contributed by atoms with van der Waals surface area (Å²) in [7, 11) is 0. The van der Waals surface area contributed by atoms with Crippen molar-refractivity contribution in [1.82, 2.24) is 4.90 Å². The molecule has 9 heteroatoms. The SMILES string of the molecule is Clc1cc(CCCN2CCCC2)ccc1OC1CC1.N=Cc1cc(C(=O)C(N)=O)ccc1NCc1ccc(F)cc1. The van der Waals surface area contributed by atoms with Gasteiger partial charge in [-0.15, -0.1) is 0 Å². The summed E-state index contributed by atoms with van der Waals surface area (Å²) in [6.45, 7) is 4.23. The molecule has 1 heterocycles. The third-order valence-corrected chi connectivity index (χ3v) is 7.34. The van der Waals surface area contributed by atoms with Gasteiger partial charge in [-0.2, -0.15) is 0 Å². The van der Waals surface area contributed by atoms with Gasteiger partial charge in [-0.3, -0.25) is 9.59 Å². The molecule has 3 aromatic rings. The number of amides is 1. The van der Waals surface area contributed by atoms with Gasteiger partial charge in [-0.25, -0.2) is 4.39 Å². The van der Waals surface area contributed by atoms with E-state index in [1.165, 1.54) is 81.6 Å². The molecule has 1 aliphatic heterocycles. The van der Waals surface area contributed by atoms with E-state index in [2.05, 4.69) is 22.3 Å². The minimum absolute atomic E-state index is 0.137. The Morgan fingerprint density at radius 2 is 1.76 bits per heavy atom. The fraction of sp³-hybridized carbons (Fsp3) is 0.344. The molecule has 0 radical (unpaired) electrons. The molecule has 0 spiro atoms. The Balaban J connectivity index is 0.000000191. The van der Waals surface area contributed by atoms with Crippen LogP contribution < -0.4 is 15.8 Å². The molecule has 41 heavy (non-hydrogen) atoms. The molecule has 7 nitrogen and oxygen atoms in total. The molecule has 5 rings (SSSR count). The highest BCUT2D eigenvalue weighted by atomic mass is 35.5. The van der Waals surface area contributed by atoms with Crippen molar-refractivity contribution < 1.29 is 18.7 Å². The number of aryl methyl sites for hydroxylation is 1. The number of benzene rings is 3. The third kappa shape index (κ3) is 9.40. The van der Waals surface area contributed by atoms with E-state index in [-0.39, 0.29) is 11.4 Å². The summed E-state index contributed by atoms with van der Waals surface area (Å²) in [5, 5.41) is 11.3. The highest BCUT2D eigenvalue weighted by Crippen LogP contribution is 2.32. The molecular formula is C32H36ClFN4O3. The van der Waals surface area contributed by atoms with Crippen LogP contribution in [0.25, 0.3) is 0 Å². The van der Waals surface area contributed by atoms with Gasteiger partial charge >= 0.3 is 0 Å². The van der Waals surface area contributed by atoms with E-state index < -0.39 is 11.7 Å². The molecule has 2 aliphatic rings. The number of likely N-dealkylation sites (tertiary alicyclic amines) is 1. The topological polar surface area (TPSA) is 109 Å². The Morgan fingerprint density at radius 3 is 2.39 bits per heavy atom. The van der Waals surface area contributed by atoms with Crippen molar-refractivity contribution in [3.8, 4) is 5.75 Å². The second-order valence-corrected chi connectivity index (χ2v) is 10.8. The zero-order valence-corrected chi connectivity index (χ0v) is 23.8. The quantitative estimate of drug-likeness (QED) is 0.138. The number of nitrogens with two attached hydrogens (primary N) is 1. The van der Waals surface area contributed by atoms with Crippen molar-refractivity contribution in [1.29, 1.82) is 5.41 Å². The molecule has 2 fully saturated rings. The summed E-state index contributed by atoms with van der Waals surface area (Å²) in [5.74, 6) is -1.29. The van der Waals surface area contributed by atoms with Crippen LogP contribution in [0.3, 0.4) is 0 Å². The van der Waals surface area contributed by atoms with Crippen LogP contribution in [-0.4, -0.2) is 48.5 Å². The van der Waals surface area contributed by atoms with Crippen molar-refractivity contribution in [2.24, 2.45) is 5.73 Å². The van der Waals surface area contributed by atoms with Crippen molar-refractivity contribution in [3.63, 3.8) is 0 Å². The third-order valence-electron chi connectivity index (χ3n) is 7.04. The van der Waals surface area contributed by atoms with E-state index in [9.17, 15) is 14.0 Å². The molecule has 0 aromatic heterocycles. The van der Waals surface area contributed by atoms with E-state index in [4.69, 9.17) is 27.5 Å². The maximum atomic E-state index is 12.8. The normalized spacial score (nSPS) is 14.6. The molecule has 4 N–H and O–H groups in total. The Morgan fingerprint density at radius 1 is 1.05 bits per heavy atom. The molecule has 1 aliphatic carbocycles. The van der Waals surface area contributed by atoms with Crippen molar-refractivity contribution in [3.05, 3.63) is 93.8 Å². The number of ketones is 1. The van der Waals surface area contributed by atoms with E-state index in [1.54, 1.807) is 18.2 Å². The second kappa shape index (κ2) is 14.8. The molecule has 3 aromatic carbocycles. The van der Waals surface area contributed by atoms with Gasteiger partial charge in [0.1, 0.15) is 11.6 Å². The lowest BCUT2D eigenvalue weighted by molar-refractivity contribution is -0.114. The van der Waals surface area contributed by atoms with Crippen LogP contribution in [0.1, 0.15) is 59.2 Å². The minimum Gasteiger partial charge on any atom is -0.489 e. The number of hydrogen-bond acceptors (Lipinski definition) is 6. The van der Waals surface area contributed by atoms with Gasteiger partial charge in [-0.1, -0.05) is 29.8 Å². The average molecular weight is 579 g/mol. The van der Waals surface area contributed by atoms with Crippen molar-refractivity contribution in [2.45, 2.75) is 51.2 Å². The minimum atomic E-state index is -1.04. The van der Waals surface area contributed by atoms with E-state index >= 15 is 0 Å². The Kier molecular flexibility index (Phi) is 10.9. The number of halogens is 2. The number of Topliss-reactive ketones (excluding diaryl/α,β-unsaturated/α-hetero) is 1. The zero-order valence-electron chi connectivity index (χ0n) is 23.0. The number of rotatable bonds is 12. The number of primary amides is 1. The van der Waals surface area contributed by atoms with E-state index in [1.807, 2.05) is 6.07 Å². The standard InChI is InChI=1S/C16H22ClNO.C16H14FN3O2/c17-15-12-13(4-3-11-18-9-1-2-10-18)5-8-16(15)19-14-6-7-14;17-13-4-1-10(2-5-13)9-20-14-6-3-11(7-12(14)8-18)15(21)16(19)22/h5,8,12,14H,1-4,6-7,9-11H2;1-8,18,20H,9H2,(H2,19,22). The average Bonchev–Trinajstić information content (AvgIpc) is 3.65. The predicted octanol–water partition coefficient (Wildman–Crippen LogP) is 6.01. The molecule has 0 atom stereocenters. The summed E-state index contributed by atoms with van der Waals surface area (Å²) in [4.78, 5) is 25.0. The van der Waals surface area contributed by atoms with Crippen LogP contribution in [0, 0.1) is 11.2 Å². The molecule has 1 saturated heterocycles. The fourth-order valence-corrected chi connectivity index (χ4v) is 4.85. The lowest BCUT2D eigenvalue weighted by atomic mass is 10.1. The van der Waals surface area contributed by atoms with Crippen LogP contribution in [0.5, 0.6) is 5.75 Å². The highest BCUT2D eigenvalue weighted by molar-refractivity contribution is 6.42. The monoisotopic (exact) mass is 578 g/mol. The Bertz CT molecular complexity index is 1360. The van der Waals surface area contributed by atoms with Gasteiger partial charge in [-0.05, 0) is 112 Å². The van der Waals surface area contributed by atoms with Gasteiger partial charge < -0.3 is 26.1 Å². The van der Waals surface area contributed by atoms with E-state index in [0.717, 1.165) is 29.0 Å². The fourth-order valence-electron chi connectivity index (χ4n) is 4.60. The number of hydrogen-bond donors (Lipinski definition) is 3. The first kappa shape index (κ1) is 30.2. The van der Waals surface area contributed by atoms with Crippen molar-refractivity contribution >= 4 is 35.2 Å². The molecule has 0 unspecified atom stereocenters. The number of ether oxygens (including phenoxy) is 1.